The van der Waals surface area contributed by atoms with Crippen LogP contribution in [-0.4, -0.2) is 18.2 Å². The Labute approximate surface area is 158 Å². The second-order valence-electron chi connectivity index (χ2n) is 6.86. The second-order valence-corrected chi connectivity index (χ2v) is 6.86. The number of aromatic nitrogens is 1. The number of oxazole rings is 1. The van der Waals surface area contributed by atoms with Gasteiger partial charge in [0.2, 0.25) is 5.89 Å². The van der Waals surface area contributed by atoms with E-state index in [1.807, 2.05) is 24.4 Å². The summed E-state index contributed by atoms with van der Waals surface area (Å²) in [5, 5.41) is 0. The predicted molar refractivity (Wildman–Crippen MR) is 102 cm³/mol. The standard InChI is InChI=1S/C22H23FN2O2/c23-19-6-8-20(9-7-19)25(15-17-4-2-1-3-5-17)16-22-24-14-21(27-22)18-10-12-26-13-11-18/h1-9,14,18H,10-13,15-16H2. The van der Waals surface area contributed by atoms with Crippen molar-refractivity contribution in [2.24, 2.45) is 0 Å². The zero-order valence-corrected chi connectivity index (χ0v) is 15.2. The van der Waals surface area contributed by atoms with Crippen LogP contribution >= 0.6 is 0 Å². The number of anilines is 1. The van der Waals surface area contributed by atoms with Crippen molar-refractivity contribution in [2.45, 2.75) is 31.8 Å². The van der Waals surface area contributed by atoms with Gasteiger partial charge >= 0.3 is 0 Å². The van der Waals surface area contributed by atoms with E-state index in [4.69, 9.17) is 9.15 Å². The van der Waals surface area contributed by atoms with Crippen LogP contribution in [0.5, 0.6) is 0 Å². The van der Waals surface area contributed by atoms with Crippen molar-refractivity contribution in [1.29, 1.82) is 0 Å². The van der Waals surface area contributed by atoms with Crippen LogP contribution < -0.4 is 4.90 Å². The van der Waals surface area contributed by atoms with Crippen molar-refractivity contribution < 1.29 is 13.5 Å². The number of hydrogen-bond donors (Lipinski definition) is 0. The number of hydrogen-bond acceptors (Lipinski definition) is 4. The molecule has 0 atom stereocenters. The summed E-state index contributed by atoms with van der Waals surface area (Å²) in [6.45, 7) is 2.78. The van der Waals surface area contributed by atoms with E-state index in [1.54, 1.807) is 12.1 Å². The molecule has 2 aromatic carbocycles. The monoisotopic (exact) mass is 366 g/mol. The quantitative estimate of drug-likeness (QED) is 0.621. The first-order chi connectivity index (χ1) is 13.3. The van der Waals surface area contributed by atoms with Gasteiger partial charge in [-0.15, -0.1) is 0 Å². The number of benzene rings is 2. The van der Waals surface area contributed by atoms with Crippen molar-refractivity contribution in [3.63, 3.8) is 0 Å². The SMILES string of the molecule is Fc1ccc(N(Cc2ccccc2)Cc2ncc(C3CCOCC3)o2)cc1. The zero-order chi connectivity index (χ0) is 18.5. The number of rotatable bonds is 6. The van der Waals surface area contributed by atoms with E-state index in [-0.39, 0.29) is 5.82 Å². The van der Waals surface area contributed by atoms with Crippen molar-refractivity contribution >= 4 is 5.69 Å². The molecule has 0 bridgehead atoms. The van der Waals surface area contributed by atoms with E-state index in [1.165, 1.54) is 17.7 Å². The molecule has 0 spiro atoms. The summed E-state index contributed by atoms with van der Waals surface area (Å²) >= 11 is 0. The molecule has 1 aromatic heterocycles. The number of ether oxygens (including phenoxy) is 1. The van der Waals surface area contributed by atoms with Crippen LogP contribution in [0.1, 0.15) is 36.0 Å². The van der Waals surface area contributed by atoms with Gasteiger partial charge in [-0.2, -0.15) is 0 Å². The van der Waals surface area contributed by atoms with Gasteiger partial charge in [-0.05, 0) is 42.7 Å². The number of halogens is 1. The van der Waals surface area contributed by atoms with Crippen LogP contribution in [0.2, 0.25) is 0 Å². The van der Waals surface area contributed by atoms with Crippen LogP contribution in [0, 0.1) is 5.82 Å². The van der Waals surface area contributed by atoms with E-state index in [0.717, 1.165) is 37.5 Å². The molecule has 27 heavy (non-hydrogen) atoms. The van der Waals surface area contributed by atoms with Crippen molar-refractivity contribution in [2.75, 3.05) is 18.1 Å². The third-order valence-corrected chi connectivity index (χ3v) is 4.93. The highest BCUT2D eigenvalue weighted by Crippen LogP contribution is 2.28. The molecule has 1 saturated heterocycles. The Hall–Kier alpha value is -2.66. The summed E-state index contributed by atoms with van der Waals surface area (Å²) in [5.74, 6) is 1.76. The van der Waals surface area contributed by atoms with Crippen molar-refractivity contribution in [1.82, 2.24) is 4.98 Å². The fourth-order valence-electron chi connectivity index (χ4n) is 3.43. The van der Waals surface area contributed by atoms with Crippen LogP contribution in [0.4, 0.5) is 10.1 Å². The Bertz CT molecular complexity index is 842. The van der Waals surface area contributed by atoms with Crippen LogP contribution in [0.25, 0.3) is 0 Å². The zero-order valence-electron chi connectivity index (χ0n) is 15.2. The predicted octanol–water partition coefficient (Wildman–Crippen LogP) is 4.91. The topological polar surface area (TPSA) is 38.5 Å². The molecular weight excluding hydrogens is 343 g/mol. The minimum Gasteiger partial charge on any atom is -0.443 e. The molecule has 0 saturated carbocycles. The lowest BCUT2D eigenvalue weighted by molar-refractivity contribution is 0.0803. The first-order valence-corrected chi connectivity index (χ1v) is 9.35. The molecule has 1 aliphatic heterocycles. The second kappa shape index (κ2) is 8.35. The molecule has 1 fully saturated rings. The Morgan fingerprint density at radius 3 is 2.44 bits per heavy atom. The Morgan fingerprint density at radius 1 is 0.963 bits per heavy atom. The summed E-state index contributed by atoms with van der Waals surface area (Å²) in [6.07, 6.45) is 3.79. The highest BCUT2D eigenvalue weighted by molar-refractivity contribution is 5.47. The van der Waals surface area contributed by atoms with E-state index in [0.29, 0.717) is 24.9 Å². The van der Waals surface area contributed by atoms with E-state index in [9.17, 15) is 4.39 Å². The van der Waals surface area contributed by atoms with Crippen LogP contribution in [0.3, 0.4) is 0 Å². The summed E-state index contributed by atoms with van der Waals surface area (Å²) < 4.78 is 24.8. The lowest BCUT2D eigenvalue weighted by Crippen LogP contribution is -2.22. The first-order valence-electron chi connectivity index (χ1n) is 9.35. The highest BCUT2D eigenvalue weighted by atomic mass is 19.1. The fourth-order valence-corrected chi connectivity index (χ4v) is 3.43. The lowest BCUT2D eigenvalue weighted by atomic mass is 9.98. The summed E-state index contributed by atoms with van der Waals surface area (Å²) in [6, 6.07) is 16.8. The molecule has 1 aliphatic rings. The van der Waals surface area contributed by atoms with Gasteiger partial charge in [-0.3, -0.25) is 0 Å². The normalized spacial score (nSPS) is 15.0. The van der Waals surface area contributed by atoms with Gasteiger partial charge in [0.05, 0.1) is 12.7 Å². The smallest absolute Gasteiger partial charge is 0.213 e. The highest BCUT2D eigenvalue weighted by Gasteiger charge is 2.21. The molecule has 2 heterocycles. The average molecular weight is 366 g/mol. The average Bonchev–Trinajstić information content (AvgIpc) is 3.18. The Kier molecular flexibility index (Phi) is 5.49. The Morgan fingerprint density at radius 2 is 1.70 bits per heavy atom. The van der Waals surface area contributed by atoms with Gasteiger partial charge in [-0.25, -0.2) is 9.37 Å². The molecule has 4 rings (SSSR count). The van der Waals surface area contributed by atoms with Gasteiger partial charge in [-0.1, -0.05) is 30.3 Å². The minimum atomic E-state index is -0.240. The molecule has 0 aliphatic carbocycles. The van der Waals surface area contributed by atoms with Crippen LogP contribution in [-0.2, 0) is 17.8 Å². The maximum absolute atomic E-state index is 13.4. The van der Waals surface area contributed by atoms with Gasteiger partial charge < -0.3 is 14.1 Å². The minimum absolute atomic E-state index is 0.240. The molecule has 0 amide bonds. The van der Waals surface area contributed by atoms with Gasteiger partial charge in [0, 0.05) is 31.4 Å². The molecule has 0 radical (unpaired) electrons. The molecule has 140 valence electrons. The third kappa shape index (κ3) is 4.55. The third-order valence-electron chi connectivity index (χ3n) is 4.93. The molecule has 0 unspecified atom stereocenters. The molecule has 4 nitrogen and oxygen atoms in total. The molecule has 3 aromatic rings. The molecular formula is C22H23FN2O2. The first kappa shape index (κ1) is 17.7. The maximum atomic E-state index is 13.4. The van der Waals surface area contributed by atoms with Crippen LogP contribution in [0.15, 0.2) is 65.2 Å². The van der Waals surface area contributed by atoms with Crippen molar-refractivity contribution in [3.05, 3.63) is 83.8 Å². The van der Waals surface area contributed by atoms with E-state index < -0.39 is 0 Å². The Balaban J connectivity index is 1.53. The van der Waals surface area contributed by atoms with Gasteiger partial charge in [0.1, 0.15) is 11.6 Å². The fraction of sp³-hybridized carbons (Fsp3) is 0.318. The largest absolute Gasteiger partial charge is 0.443 e. The van der Waals surface area contributed by atoms with E-state index >= 15 is 0 Å². The maximum Gasteiger partial charge on any atom is 0.213 e. The van der Waals surface area contributed by atoms with Gasteiger partial charge in [0.15, 0.2) is 0 Å². The van der Waals surface area contributed by atoms with Gasteiger partial charge in [0.25, 0.3) is 0 Å². The summed E-state index contributed by atoms with van der Waals surface area (Å²) in [7, 11) is 0. The molecule has 0 N–H and O–H groups in total. The summed E-state index contributed by atoms with van der Waals surface area (Å²) in [4.78, 5) is 6.64. The summed E-state index contributed by atoms with van der Waals surface area (Å²) in [5.41, 5.74) is 2.11. The lowest BCUT2D eigenvalue weighted by Gasteiger charge is -2.24. The van der Waals surface area contributed by atoms with Crippen molar-refractivity contribution in [3.8, 4) is 0 Å². The van der Waals surface area contributed by atoms with E-state index in [2.05, 4.69) is 22.0 Å². The number of nitrogens with zero attached hydrogens (tertiary/aromatic N) is 2. The molecule has 5 heteroatoms.